The minimum absolute atomic E-state index is 0.290. The van der Waals surface area contributed by atoms with Gasteiger partial charge in [-0.25, -0.2) is 0 Å². The summed E-state index contributed by atoms with van der Waals surface area (Å²) in [7, 11) is 0. The molecule has 1 aliphatic heterocycles. The predicted octanol–water partition coefficient (Wildman–Crippen LogP) is 3.98. The van der Waals surface area contributed by atoms with E-state index in [1.54, 1.807) is 39.8 Å². The zero-order valence-corrected chi connectivity index (χ0v) is 21.5. The number of hydrogen-bond acceptors (Lipinski definition) is 7. The van der Waals surface area contributed by atoms with Crippen LogP contribution in [-0.2, 0) is 39.6 Å². The largest absolute Gasteiger partial charge is 0.464 e. The molecule has 7 nitrogen and oxygen atoms in total. The van der Waals surface area contributed by atoms with Crippen molar-refractivity contribution >= 4 is 34.7 Å². The molecule has 0 unspecified atom stereocenters. The van der Waals surface area contributed by atoms with Crippen molar-refractivity contribution in [3.63, 3.8) is 0 Å². The lowest BCUT2D eigenvalue weighted by atomic mass is 9.79. The third-order valence-electron chi connectivity index (χ3n) is 6.69. The fraction of sp³-hybridized carbons (Fsp3) is 0.429. The second-order valence-corrected chi connectivity index (χ2v) is 10.8. The molecule has 2 bridgehead atoms. The van der Waals surface area contributed by atoms with Gasteiger partial charge in [-0.15, -0.1) is 0 Å². The SMILES string of the molecule is CC1(C)C(=O)C=CC(=O)C(C)(C)C(=O)C=CC(=O)C(C)(C)c2ccc(o2)C(C)(C)C(=O)C=CC1=O. The van der Waals surface area contributed by atoms with Gasteiger partial charge in [0.25, 0.3) is 0 Å². The molecule has 186 valence electrons. The molecule has 0 atom stereocenters. The molecule has 0 aromatic carbocycles. The fourth-order valence-electron chi connectivity index (χ4n) is 3.20. The van der Waals surface area contributed by atoms with E-state index in [4.69, 9.17) is 4.42 Å². The van der Waals surface area contributed by atoms with Gasteiger partial charge in [-0.1, -0.05) is 0 Å². The first-order valence-electron chi connectivity index (χ1n) is 11.3. The summed E-state index contributed by atoms with van der Waals surface area (Å²) >= 11 is 0. The third-order valence-corrected chi connectivity index (χ3v) is 6.69. The molecule has 0 amide bonds. The molecular formula is C28H32O7. The molecule has 0 spiro atoms. The van der Waals surface area contributed by atoms with Gasteiger partial charge in [-0.3, -0.25) is 28.8 Å². The summed E-state index contributed by atoms with van der Waals surface area (Å²) < 4.78 is 5.89. The summed E-state index contributed by atoms with van der Waals surface area (Å²) in [6.45, 7) is 12.0. The summed E-state index contributed by atoms with van der Waals surface area (Å²) in [5, 5.41) is 0. The van der Waals surface area contributed by atoms with Crippen LogP contribution in [0.4, 0.5) is 0 Å². The zero-order chi connectivity index (χ0) is 27.0. The van der Waals surface area contributed by atoms with Crippen LogP contribution in [0.3, 0.4) is 0 Å². The number of fused-ring (bicyclic) bond motifs is 2. The number of carbonyl (C=O) groups excluding carboxylic acids is 6. The van der Waals surface area contributed by atoms with Gasteiger partial charge in [0.1, 0.15) is 11.5 Å². The highest BCUT2D eigenvalue weighted by Crippen LogP contribution is 2.33. The molecular weight excluding hydrogens is 448 g/mol. The zero-order valence-electron chi connectivity index (χ0n) is 21.5. The van der Waals surface area contributed by atoms with E-state index in [0.717, 1.165) is 36.5 Å². The van der Waals surface area contributed by atoms with Gasteiger partial charge in [-0.2, -0.15) is 0 Å². The summed E-state index contributed by atoms with van der Waals surface area (Å²) in [5.74, 6) is -2.84. The Balaban J connectivity index is 2.65. The maximum Gasteiger partial charge on any atom is 0.169 e. The number of rotatable bonds is 0. The Morgan fingerprint density at radius 2 is 0.600 bits per heavy atom. The van der Waals surface area contributed by atoms with Crippen LogP contribution in [0.5, 0.6) is 0 Å². The van der Waals surface area contributed by atoms with Crippen LogP contribution in [0.25, 0.3) is 0 Å². The van der Waals surface area contributed by atoms with E-state index >= 15 is 0 Å². The molecule has 35 heavy (non-hydrogen) atoms. The van der Waals surface area contributed by atoms with Crippen LogP contribution in [0, 0.1) is 10.8 Å². The van der Waals surface area contributed by atoms with E-state index in [9.17, 15) is 28.8 Å². The molecule has 7 heteroatoms. The average Bonchev–Trinajstić information content (AvgIpc) is 3.29. The maximum absolute atomic E-state index is 12.9. The quantitative estimate of drug-likeness (QED) is 0.516. The summed E-state index contributed by atoms with van der Waals surface area (Å²) in [4.78, 5) is 76.7. The number of carbonyl (C=O) groups is 6. The van der Waals surface area contributed by atoms with Crippen LogP contribution in [0.1, 0.15) is 66.9 Å². The predicted molar refractivity (Wildman–Crippen MR) is 130 cm³/mol. The topological polar surface area (TPSA) is 116 Å². The molecule has 1 aromatic heterocycles. The van der Waals surface area contributed by atoms with Crippen molar-refractivity contribution in [2.24, 2.45) is 10.8 Å². The van der Waals surface area contributed by atoms with Crippen LogP contribution in [0.15, 0.2) is 53.0 Å². The molecule has 1 aliphatic rings. The number of hydrogen-bond donors (Lipinski definition) is 0. The second kappa shape index (κ2) is 9.29. The van der Waals surface area contributed by atoms with Crippen molar-refractivity contribution in [3.8, 4) is 0 Å². The summed E-state index contributed by atoms with van der Waals surface area (Å²) in [6, 6.07) is 3.18. The normalized spacial score (nSPS) is 22.6. The van der Waals surface area contributed by atoms with Gasteiger partial charge >= 0.3 is 0 Å². The first kappa shape index (κ1) is 27.8. The molecule has 1 aromatic rings. The van der Waals surface area contributed by atoms with Gasteiger partial charge in [0.2, 0.25) is 0 Å². The van der Waals surface area contributed by atoms with Crippen molar-refractivity contribution < 1.29 is 33.2 Å². The highest BCUT2D eigenvalue weighted by Gasteiger charge is 2.39. The lowest BCUT2D eigenvalue weighted by molar-refractivity contribution is -0.135. The second-order valence-electron chi connectivity index (χ2n) is 10.8. The van der Waals surface area contributed by atoms with E-state index in [1.807, 2.05) is 0 Å². The lowest BCUT2D eigenvalue weighted by Crippen LogP contribution is -2.34. The average molecular weight is 481 g/mol. The van der Waals surface area contributed by atoms with E-state index in [-0.39, 0.29) is 0 Å². The van der Waals surface area contributed by atoms with Crippen LogP contribution < -0.4 is 0 Å². The number of ketones is 6. The molecule has 0 saturated carbocycles. The van der Waals surface area contributed by atoms with Gasteiger partial charge in [0.15, 0.2) is 34.7 Å². The van der Waals surface area contributed by atoms with E-state index in [1.165, 1.54) is 27.7 Å². The molecule has 0 fully saturated rings. The standard InChI is InChI=1S/C28H32O7/c1-25(2)17(29)9-10-18(30)26(3,4)20(32)12-14-22(34)28(7,8)24-16-15-23(35-24)27(5,6)21(33)13-11-19(25)31/h9-16H,1-8H3. The molecule has 0 saturated heterocycles. The Kier molecular flexibility index (Phi) is 7.36. The lowest BCUT2D eigenvalue weighted by Gasteiger charge is -2.22. The van der Waals surface area contributed by atoms with Gasteiger partial charge < -0.3 is 4.42 Å². The highest BCUT2D eigenvalue weighted by atomic mass is 16.3. The fourth-order valence-corrected chi connectivity index (χ4v) is 3.20. The molecule has 0 N–H and O–H groups in total. The molecule has 0 radical (unpaired) electrons. The maximum atomic E-state index is 12.9. The van der Waals surface area contributed by atoms with Gasteiger partial charge in [0.05, 0.1) is 21.7 Å². The summed E-state index contributed by atoms with van der Waals surface area (Å²) in [6.07, 6.45) is 6.21. The molecule has 0 aliphatic carbocycles. The van der Waals surface area contributed by atoms with Gasteiger partial charge in [-0.05, 0) is 104 Å². The Morgan fingerprint density at radius 3 is 0.829 bits per heavy atom. The van der Waals surface area contributed by atoms with E-state index < -0.39 is 56.4 Å². The summed E-state index contributed by atoms with van der Waals surface area (Å²) in [5.41, 5.74) is -5.40. The third kappa shape index (κ3) is 5.29. The first-order valence-corrected chi connectivity index (χ1v) is 11.3. The monoisotopic (exact) mass is 480 g/mol. The Morgan fingerprint density at radius 1 is 0.400 bits per heavy atom. The van der Waals surface area contributed by atoms with Crippen molar-refractivity contribution in [2.45, 2.75) is 66.2 Å². The van der Waals surface area contributed by atoms with Crippen LogP contribution in [0.2, 0.25) is 0 Å². The van der Waals surface area contributed by atoms with Crippen LogP contribution >= 0.6 is 0 Å². The van der Waals surface area contributed by atoms with Crippen molar-refractivity contribution in [1.29, 1.82) is 0 Å². The minimum Gasteiger partial charge on any atom is -0.464 e. The van der Waals surface area contributed by atoms with Crippen LogP contribution in [-0.4, -0.2) is 34.7 Å². The Hall–Kier alpha value is -3.48. The van der Waals surface area contributed by atoms with E-state index in [0.29, 0.717) is 11.5 Å². The van der Waals surface area contributed by atoms with Crippen molar-refractivity contribution in [1.82, 2.24) is 0 Å². The minimum atomic E-state index is -1.54. The van der Waals surface area contributed by atoms with E-state index in [2.05, 4.69) is 0 Å². The number of furan rings is 1. The smallest absolute Gasteiger partial charge is 0.169 e. The first-order chi connectivity index (χ1) is 15.9. The highest BCUT2D eigenvalue weighted by molar-refractivity contribution is 6.20. The molecule has 2 rings (SSSR count). The molecule has 2 heterocycles. The van der Waals surface area contributed by atoms with Gasteiger partial charge in [0, 0.05) is 0 Å². The van der Waals surface area contributed by atoms with Crippen molar-refractivity contribution in [3.05, 3.63) is 60.1 Å². The Bertz CT molecular complexity index is 1100. The number of allylic oxidation sites excluding steroid dienone is 6. The van der Waals surface area contributed by atoms with Crippen molar-refractivity contribution in [2.75, 3.05) is 0 Å². The Labute approximate surface area is 205 Å².